The standard InChI is InChI=1S/C17H20N8O/c18-17-20-7-11(8-21-17)13-10-25-14-1-2-19-9-12(14)22-16(25)15(23-13)24-3-5-26-6-4-24/h7-8,10,19H,1-6,9H2,(H2,18,20,21). The van der Waals surface area contributed by atoms with Gasteiger partial charge in [0, 0.05) is 62.4 Å². The molecule has 26 heavy (non-hydrogen) atoms. The Morgan fingerprint density at radius 1 is 1.12 bits per heavy atom. The first-order valence-electron chi connectivity index (χ1n) is 8.82. The van der Waals surface area contributed by atoms with Crippen molar-refractivity contribution in [1.29, 1.82) is 0 Å². The van der Waals surface area contributed by atoms with E-state index < -0.39 is 0 Å². The Hall–Kier alpha value is -2.78. The molecule has 3 aromatic heterocycles. The van der Waals surface area contributed by atoms with E-state index in [2.05, 4.69) is 24.6 Å². The fourth-order valence-electron chi connectivity index (χ4n) is 3.54. The second kappa shape index (κ2) is 6.19. The molecule has 0 unspecified atom stereocenters. The number of anilines is 2. The Labute approximate surface area is 150 Å². The lowest BCUT2D eigenvalue weighted by Gasteiger charge is -2.28. The summed E-state index contributed by atoms with van der Waals surface area (Å²) in [6.07, 6.45) is 6.40. The van der Waals surface area contributed by atoms with Crippen LogP contribution in [0.1, 0.15) is 11.4 Å². The maximum Gasteiger partial charge on any atom is 0.219 e. The molecule has 5 rings (SSSR count). The smallest absolute Gasteiger partial charge is 0.219 e. The minimum Gasteiger partial charge on any atom is -0.378 e. The van der Waals surface area contributed by atoms with E-state index in [4.69, 9.17) is 20.4 Å². The molecular formula is C17H20N8O. The minimum absolute atomic E-state index is 0.259. The first-order valence-corrected chi connectivity index (χ1v) is 8.82. The van der Waals surface area contributed by atoms with E-state index in [9.17, 15) is 0 Å². The zero-order valence-corrected chi connectivity index (χ0v) is 14.4. The number of fused-ring (bicyclic) bond motifs is 3. The molecule has 134 valence electrons. The molecule has 9 heteroatoms. The van der Waals surface area contributed by atoms with Gasteiger partial charge in [0.1, 0.15) is 0 Å². The maximum atomic E-state index is 5.63. The van der Waals surface area contributed by atoms with Gasteiger partial charge in [0.15, 0.2) is 11.5 Å². The largest absolute Gasteiger partial charge is 0.378 e. The molecule has 0 radical (unpaired) electrons. The van der Waals surface area contributed by atoms with Crippen LogP contribution in [0.2, 0.25) is 0 Å². The van der Waals surface area contributed by atoms with Gasteiger partial charge in [-0.1, -0.05) is 0 Å². The Morgan fingerprint density at radius 3 is 2.73 bits per heavy atom. The lowest BCUT2D eigenvalue weighted by molar-refractivity contribution is 0.122. The van der Waals surface area contributed by atoms with Crippen molar-refractivity contribution in [3.05, 3.63) is 30.0 Å². The van der Waals surface area contributed by atoms with E-state index in [1.165, 1.54) is 5.69 Å². The molecule has 0 aliphatic carbocycles. The van der Waals surface area contributed by atoms with Gasteiger partial charge in [0.2, 0.25) is 5.95 Å². The van der Waals surface area contributed by atoms with Gasteiger partial charge in [-0.3, -0.25) is 4.40 Å². The first-order chi connectivity index (χ1) is 12.8. The fourth-order valence-corrected chi connectivity index (χ4v) is 3.54. The van der Waals surface area contributed by atoms with Crippen LogP contribution in [0.5, 0.6) is 0 Å². The van der Waals surface area contributed by atoms with Gasteiger partial charge in [-0.2, -0.15) is 0 Å². The van der Waals surface area contributed by atoms with Crippen molar-refractivity contribution in [2.24, 2.45) is 0 Å². The number of nitrogen functional groups attached to an aromatic ring is 1. The zero-order chi connectivity index (χ0) is 17.5. The van der Waals surface area contributed by atoms with Crippen molar-refractivity contribution < 1.29 is 4.74 Å². The quantitative estimate of drug-likeness (QED) is 0.676. The predicted molar refractivity (Wildman–Crippen MR) is 96.9 cm³/mol. The van der Waals surface area contributed by atoms with Crippen LogP contribution in [0.4, 0.5) is 11.8 Å². The number of nitrogens with two attached hydrogens (primary N) is 1. The minimum atomic E-state index is 0.259. The van der Waals surface area contributed by atoms with Crippen LogP contribution in [0.15, 0.2) is 18.6 Å². The number of nitrogens with one attached hydrogen (secondary N) is 1. The lowest BCUT2D eigenvalue weighted by Crippen LogP contribution is -2.37. The summed E-state index contributed by atoms with van der Waals surface area (Å²) in [4.78, 5) is 20.3. The number of hydrogen-bond acceptors (Lipinski definition) is 8. The first kappa shape index (κ1) is 15.5. The molecule has 0 aromatic carbocycles. The van der Waals surface area contributed by atoms with Gasteiger partial charge in [-0.15, -0.1) is 0 Å². The van der Waals surface area contributed by atoms with Gasteiger partial charge in [-0.25, -0.2) is 19.9 Å². The lowest BCUT2D eigenvalue weighted by atomic mass is 10.2. The highest BCUT2D eigenvalue weighted by Gasteiger charge is 2.23. The number of morpholine rings is 1. The van der Waals surface area contributed by atoms with Crippen LogP contribution in [0, 0.1) is 0 Å². The summed E-state index contributed by atoms with van der Waals surface area (Å²) in [7, 11) is 0. The van der Waals surface area contributed by atoms with Crippen molar-refractivity contribution in [1.82, 2.24) is 29.7 Å². The second-order valence-electron chi connectivity index (χ2n) is 6.50. The van der Waals surface area contributed by atoms with Crippen LogP contribution in [-0.2, 0) is 17.7 Å². The van der Waals surface area contributed by atoms with E-state index in [1.807, 2.05) is 6.20 Å². The predicted octanol–water partition coefficient (Wildman–Crippen LogP) is 0.251. The van der Waals surface area contributed by atoms with E-state index in [0.717, 1.165) is 61.0 Å². The summed E-state index contributed by atoms with van der Waals surface area (Å²) >= 11 is 0. The third kappa shape index (κ3) is 2.56. The highest BCUT2D eigenvalue weighted by Crippen LogP contribution is 2.28. The Morgan fingerprint density at radius 2 is 1.92 bits per heavy atom. The van der Waals surface area contributed by atoms with Crippen molar-refractivity contribution >= 4 is 17.4 Å². The van der Waals surface area contributed by atoms with E-state index in [0.29, 0.717) is 13.2 Å². The monoisotopic (exact) mass is 352 g/mol. The van der Waals surface area contributed by atoms with Crippen LogP contribution < -0.4 is 16.0 Å². The molecule has 0 spiro atoms. The highest BCUT2D eigenvalue weighted by molar-refractivity contribution is 5.71. The number of nitrogens with zero attached hydrogens (tertiary/aromatic N) is 6. The number of imidazole rings is 1. The van der Waals surface area contributed by atoms with Gasteiger partial charge in [-0.05, 0) is 0 Å². The molecular weight excluding hydrogens is 332 g/mol. The zero-order valence-electron chi connectivity index (χ0n) is 14.4. The molecule has 1 saturated heterocycles. The summed E-state index contributed by atoms with van der Waals surface area (Å²) in [6.45, 7) is 4.76. The summed E-state index contributed by atoms with van der Waals surface area (Å²) in [5, 5.41) is 3.39. The third-order valence-electron chi connectivity index (χ3n) is 4.88. The van der Waals surface area contributed by atoms with Crippen molar-refractivity contribution in [3.8, 4) is 11.3 Å². The average molecular weight is 352 g/mol. The molecule has 3 N–H and O–H groups in total. The molecule has 0 amide bonds. The number of hydrogen-bond donors (Lipinski definition) is 2. The summed E-state index contributed by atoms with van der Waals surface area (Å²) < 4.78 is 7.68. The van der Waals surface area contributed by atoms with Gasteiger partial charge in [0.05, 0.1) is 24.6 Å². The Kier molecular flexibility index (Phi) is 3.68. The number of rotatable bonds is 2. The molecule has 3 aromatic rings. The molecule has 2 aliphatic rings. The number of aromatic nitrogens is 5. The van der Waals surface area contributed by atoms with Crippen LogP contribution in [0.3, 0.4) is 0 Å². The fraction of sp³-hybridized carbons (Fsp3) is 0.412. The van der Waals surface area contributed by atoms with Gasteiger partial charge >= 0.3 is 0 Å². The molecule has 9 nitrogen and oxygen atoms in total. The average Bonchev–Trinajstić information content (AvgIpc) is 3.07. The van der Waals surface area contributed by atoms with Gasteiger partial charge < -0.3 is 20.7 Å². The molecule has 5 heterocycles. The third-order valence-corrected chi connectivity index (χ3v) is 4.88. The molecule has 0 bridgehead atoms. The maximum absolute atomic E-state index is 5.63. The SMILES string of the molecule is Nc1ncc(-c2cn3c4c(nc3c(N3CCOCC3)n2)CNCC4)cn1. The molecule has 0 atom stereocenters. The van der Waals surface area contributed by atoms with E-state index >= 15 is 0 Å². The molecule has 0 saturated carbocycles. The summed E-state index contributed by atoms with van der Waals surface area (Å²) in [5.74, 6) is 1.14. The van der Waals surface area contributed by atoms with Crippen molar-refractivity contribution in [2.75, 3.05) is 43.5 Å². The normalized spacial score (nSPS) is 17.5. The highest BCUT2D eigenvalue weighted by atomic mass is 16.5. The summed E-state index contributed by atoms with van der Waals surface area (Å²) in [6, 6.07) is 0. The van der Waals surface area contributed by atoms with Gasteiger partial charge in [0.25, 0.3) is 0 Å². The van der Waals surface area contributed by atoms with Crippen LogP contribution >= 0.6 is 0 Å². The Balaban J connectivity index is 1.71. The molecule has 2 aliphatic heterocycles. The number of ether oxygens (including phenoxy) is 1. The Bertz CT molecular complexity index is 946. The van der Waals surface area contributed by atoms with Crippen LogP contribution in [-0.4, -0.2) is 57.2 Å². The van der Waals surface area contributed by atoms with Crippen LogP contribution in [0.25, 0.3) is 16.9 Å². The van der Waals surface area contributed by atoms with Crippen molar-refractivity contribution in [3.63, 3.8) is 0 Å². The van der Waals surface area contributed by atoms with E-state index in [1.54, 1.807) is 12.4 Å². The molecule has 1 fully saturated rings. The second-order valence-corrected chi connectivity index (χ2v) is 6.50. The van der Waals surface area contributed by atoms with E-state index in [-0.39, 0.29) is 5.95 Å². The topological polar surface area (TPSA) is 106 Å². The van der Waals surface area contributed by atoms with Crippen molar-refractivity contribution in [2.45, 2.75) is 13.0 Å². The summed E-state index contributed by atoms with van der Waals surface area (Å²) in [5.41, 5.74) is 10.5.